The van der Waals surface area contributed by atoms with Crippen molar-refractivity contribution in [3.63, 3.8) is 0 Å². The molecule has 1 aromatic carbocycles. The van der Waals surface area contributed by atoms with Crippen LogP contribution in [0.3, 0.4) is 0 Å². The molecule has 0 unspecified atom stereocenters. The number of halogens is 1. The molecular formula is C21H32IN7. The number of fused-ring (bicyclic) bond motifs is 1. The summed E-state index contributed by atoms with van der Waals surface area (Å²) in [6.07, 6.45) is 4.77. The maximum Gasteiger partial charge on any atom is 0.194 e. The van der Waals surface area contributed by atoms with Crippen LogP contribution >= 0.6 is 24.0 Å². The number of rotatable bonds is 4. The van der Waals surface area contributed by atoms with Gasteiger partial charge in [-0.05, 0) is 18.4 Å². The fourth-order valence-corrected chi connectivity index (χ4v) is 4.13. The van der Waals surface area contributed by atoms with E-state index in [1.807, 2.05) is 7.05 Å². The Morgan fingerprint density at radius 1 is 1.00 bits per heavy atom. The third-order valence-corrected chi connectivity index (χ3v) is 5.72. The molecule has 0 atom stereocenters. The minimum Gasteiger partial charge on any atom is -0.349 e. The highest BCUT2D eigenvalue weighted by molar-refractivity contribution is 14.0. The van der Waals surface area contributed by atoms with E-state index in [0.29, 0.717) is 6.54 Å². The highest BCUT2D eigenvalue weighted by Gasteiger charge is 2.21. The Morgan fingerprint density at radius 3 is 2.55 bits per heavy atom. The van der Waals surface area contributed by atoms with Crippen LogP contribution in [-0.2, 0) is 26.1 Å². The van der Waals surface area contributed by atoms with Gasteiger partial charge in [0, 0.05) is 52.7 Å². The van der Waals surface area contributed by atoms with Gasteiger partial charge in [0.05, 0.1) is 6.54 Å². The maximum atomic E-state index is 4.51. The van der Waals surface area contributed by atoms with E-state index in [4.69, 9.17) is 0 Å². The van der Waals surface area contributed by atoms with Crippen LogP contribution in [0.5, 0.6) is 0 Å². The first-order valence-corrected chi connectivity index (χ1v) is 10.5. The van der Waals surface area contributed by atoms with Crippen molar-refractivity contribution in [2.75, 3.05) is 33.2 Å². The summed E-state index contributed by atoms with van der Waals surface area (Å²) in [4.78, 5) is 9.37. The van der Waals surface area contributed by atoms with Crippen LogP contribution in [0.1, 0.15) is 36.5 Å². The normalized spacial score (nSPS) is 18.0. The van der Waals surface area contributed by atoms with Gasteiger partial charge in [0.25, 0.3) is 0 Å². The Kier molecular flexibility index (Phi) is 8.29. The van der Waals surface area contributed by atoms with Crippen molar-refractivity contribution in [1.82, 2.24) is 29.9 Å². The third-order valence-electron chi connectivity index (χ3n) is 5.72. The van der Waals surface area contributed by atoms with Crippen molar-refractivity contribution in [3.8, 4) is 0 Å². The zero-order valence-corrected chi connectivity index (χ0v) is 19.6. The van der Waals surface area contributed by atoms with Gasteiger partial charge < -0.3 is 14.8 Å². The van der Waals surface area contributed by atoms with E-state index in [2.05, 4.69) is 65.2 Å². The summed E-state index contributed by atoms with van der Waals surface area (Å²) >= 11 is 0. The van der Waals surface area contributed by atoms with Crippen LogP contribution in [0.4, 0.5) is 0 Å². The van der Waals surface area contributed by atoms with Crippen molar-refractivity contribution < 1.29 is 0 Å². The second-order valence-corrected chi connectivity index (χ2v) is 7.64. The van der Waals surface area contributed by atoms with Gasteiger partial charge in [-0.15, -0.1) is 34.2 Å². The number of hydrogen-bond acceptors (Lipinski definition) is 4. The van der Waals surface area contributed by atoms with Crippen LogP contribution in [-0.4, -0.2) is 63.8 Å². The van der Waals surface area contributed by atoms with Gasteiger partial charge in [0.15, 0.2) is 11.8 Å². The van der Waals surface area contributed by atoms with Crippen LogP contribution in [0.2, 0.25) is 0 Å². The predicted octanol–water partition coefficient (Wildman–Crippen LogP) is 2.52. The molecule has 0 spiro atoms. The Balaban J connectivity index is 0.00000240. The summed E-state index contributed by atoms with van der Waals surface area (Å²) in [5.74, 6) is 3.13. The summed E-state index contributed by atoms with van der Waals surface area (Å²) in [5.41, 5.74) is 1.38. The van der Waals surface area contributed by atoms with Crippen LogP contribution in [0, 0.1) is 0 Å². The second-order valence-electron chi connectivity index (χ2n) is 7.64. The monoisotopic (exact) mass is 509 g/mol. The molecule has 3 heterocycles. The van der Waals surface area contributed by atoms with Gasteiger partial charge in [-0.25, -0.2) is 0 Å². The largest absolute Gasteiger partial charge is 0.349 e. The number of aryl methyl sites for hydroxylation is 1. The Morgan fingerprint density at radius 2 is 1.79 bits per heavy atom. The first kappa shape index (κ1) is 22.0. The number of aromatic nitrogens is 3. The molecule has 0 aliphatic carbocycles. The summed E-state index contributed by atoms with van der Waals surface area (Å²) in [6, 6.07) is 10.7. The summed E-state index contributed by atoms with van der Waals surface area (Å²) in [6.45, 7) is 6.83. The van der Waals surface area contributed by atoms with Gasteiger partial charge in [-0.1, -0.05) is 36.8 Å². The lowest BCUT2D eigenvalue weighted by molar-refractivity contribution is 0.172. The highest BCUT2D eigenvalue weighted by atomic mass is 127. The van der Waals surface area contributed by atoms with Crippen molar-refractivity contribution in [2.45, 2.75) is 45.3 Å². The number of nitrogens with zero attached hydrogens (tertiary/aromatic N) is 6. The van der Waals surface area contributed by atoms with Crippen molar-refractivity contribution in [3.05, 3.63) is 47.5 Å². The summed E-state index contributed by atoms with van der Waals surface area (Å²) in [7, 11) is 1.86. The molecule has 158 valence electrons. The molecule has 1 fully saturated rings. The van der Waals surface area contributed by atoms with Crippen molar-refractivity contribution >= 4 is 29.9 Å². The lowest BCUT2D eigenvalue weighted by Crippen LogP contribution is -2.52. The van der Waals surface area contributed by atoms with E-state index in [9.17, 15) is 0 Å². The van der Waals surface area contributed by atoms with Gasteiger partial charge in [0.1, 0.15) is 5.82 Å². The highest BCUT2D eigenvalue weighted by Crippen LogP contribution is 2.14. The van der Waals surface area contributed by atoms with E-state index in [0.717, 1.165) is 63.3 Å². The summed E-state index contributed by atoms with van der Waals surface area (Å²) < 4.78 is 2.30. The summed E-state index contributed by atoms with van der Waals surface area (Å²) in [5, 5.41) is 12.3. The first-order chi connectivity index (χ1) is 13.8. The van der Waals surface area contributed by atoms with Gasteiger partial charge >= 0.3 is 0 Å². The van der Waals surface area contributed by atoms with Crippen LogP contribution < -0.4 is 5.32 Å². The molecule has 0 saturated carbocycles. The molecule has 4 rings (SSSR count). The molecule has 0 bridgehead atoms. The van der Waals surface area contributed by atoms with Gasteiger partial charge in [-0.3, -0.25) is 9.89 Å². The maximum absolute atomic E-state index is 4.51. The molecule has 2 aliphatic rings. The average Bonchev–Trinajstić information content (AvgIpc) is 2.96. The molecule has 0 radical (unpaired) electrons. The SMILES string of the molecule is CN=C(NCc1nnc2n1CCCCC2)N1CCN(Cc2ccccc2)CC1.I. The molecule has 7 nitrogen and oxygen atoms in total. The van der Waals surface area contributed by atoms with Crippen molar-refractivity contribution in [1.29, 1.82) is 0 Å². The number of benzene rings is 1. The lowest BCUT2D eigenvalue weighted by Gasteiger charge is -2.36. The smallest absolute Gasteiger partial charge is 0.194 e. The number of nitrogens with one attached hydrogen (secondary N) is 1. The van der Waals surface area contributed by atoms with Crippen LogP contribution in [0.15, 0.2) is 35.3 Å². The van der Waals surface area contributed by atoms with E-state index < -0.39 is 0 Å². The zero-order chi connectivity index (χ0) is 19.2. The van der Waals surface area contributed by atoms with Gasteiger partial charge in [-0.2, -0.15) is 0 Å². The Labute approximate surface area is 190 Å². The Bertz CT molecular complexity index is 782. The molecule has 1 N–H and O–H groups in total. The molecular weight excluding hydrogens is 477 g/mol. The second kappa shape index (κ2) is 10.9. The predicted molar refractivity (Wildman–Crippen MR) is 126 cm³/mol. The van der Waals surface area contributed by atoms with Crippen molar-refractivity contribution in [2.24, 2.45) is 4.99 Å². The molecule has 29 heavy (non-hydrogen) atoms. The minimum absolute atomic E-state index is 0. The fraction of sp³-hybridized carbons (Fsp3) is 0.571. The fourth-order valence-electron chi connectivity index (χ4n) is 4.13. The number of guanidine groups is 1. The standard InChI is InChI=1S/C21H31N7.HI/c1-22-21(23-16-20-25-24-19-10-6-3-7-11-28(19)20)27-14-12-26(13-15-27)17-18-8-4-2-5-9-18;/h2,4-5,8-9H,3,6-7,10-17H2,1H3,(H,22,23);1H. The molecule has 1 saturated heterocycles. The quantitative estimate of drug-likeness (QED) is 0.390. The van der Waals surface area contributed by atoms with Gasteiger partial charge in [0.2, 0.25) is 0 Å². The van der Waals surface area contributed by atoms with E-state index in [1.165, 1.54) is 24.8 Å². The zero-order valence-electron chi connectivity index (χ0n) is 17.3. The average molecular weight is 509 g/mol. The minimum atomic E-state index is 0. The first-order valence-electron chi connectivity index (χ1n) is 10.5. The molecule has 1 aromatic heterocycles. The van der Waals surface area contributed by atoms with Crippen LogP contribution in [0.25, 0.3) is 0 Å². The number of aliphatic imine (C=N–C) groups is 1. The van der Waals surface area contributed by atoms with E-state index in [1.54, 1.807) is 0 Å². The third kappa shape index (κ3) is 5.69. The lowest BCUT2D eigenvalue weighted by atomic mass is 10.2. The number of hydrogen-bond donors (Lipinski definition) is 1. The number of piperazine rings is 1. The topological polar surface area (TPSA) is 61.6 Å². The molecule has 0 amide bonds. The molecule has 2 aromatic rings. The van der Waals surface area contributed by atoms with E-state index >= 15 is 0 Å². The molecule has 2 aliphatic heterocycles. The van der Waals surface area contributed by atoms with E-state index in [-0.39, 0.29) is 24.0 Å². The Hall–Kier alpha value is -1.68. The molecule has 8 heteroatoms.